The molecule has 1 saturated heterocycles. The molecule has 0 spiro atoms. The summed E-state index contributed by atoms with van der Waals surface area (Å²) in [6.07, 6.45) is 3.92. The number of carbonyl (C=O) groups is 1. The standard InChI is InChI=1S/C15H19F2NO2/c16-12-7-5-6-11(15(12)17)13(10-14(19)20)18-8-3-1-2-4-9-18/h5-7,13H,1-4,8-10H2,(H,19,20). The number of likely N-dealkylation sites (tertiary alicyclic amines) is 1. The minimum absolute atomic E-state index is 0.148. The van der Waals surface area contributed by atoms with Gasteiger partial charge in [-0.25, -0.2) is 8.78 Å². The van der Waals surface area contributed by atoms with Gasteiger partial charge in [-0.1, -0.05) is 25.0 Å². The van der Waals surface area contributed by atoms with Gasteiger partial charge in [0.05, 0.1) is 6.42 Å². The summed E-state index contributed by atoms with van der Waals surface area (Å²) in [7, 11) is 0. The normalized spacial score (nSPS) is 18.5. The van der Waals surface area contributed by atoms with E-state index in [2.05, 4.69) is 0 Å². The van der Waals surface area contributed by atoms with Gasteiger partial charge in [0, 0.05) is 11.6 Å². The molecule has 20 heavy (non-hydrogen) atoms. The molecule has 3 nitrogen and oxygen atoms in total. The third kappa shape index (κ3) is 3.54. The van der Waals surface area contributed by atoms with Gasteiger partial charge >= 0.3 is 5.97 Å². The van der Waals surface area contributed by atoms with Crippen LogP contribution in [0.25, 0.3) is 0 Å². The zero-order chi connectivity index (χ0) is 14.5. The van der Waals surface area contributed by atoms with E-state index in [9.17, 15) is 13.6 Å². The molecule has 5 heteroatoms. The Morgan fingerprint density at radius 3 is 2.45 bits per heavy atom. The van der Waals surface area contributed by atoms with E-state index in [0.29, 0.717) is 0 Å². The Morgan fingerprint density at radius 1 is 1.20 bits per heavy atom. The Morgan fingerprint density at radius 2 is 1.85 bits per heavy atom. The van der Waals surface area contributed by atoms with E-state index in [1.807, 2.05) is 4.90 Å². The van der Waals surface area contributed by atoms with Crippen molar-refractivity contribution in [2.45, 2.75) is 38.1 Å². The number of rotatable bonds is 4. The largest absolute Gasteiger partial charge is 0.481 e. The van der Waals surface area contributed by atoms with Crippen LogP contribution in [0, 0.1) is 11.6 Å². The van der Waals surface area contributed by atoms with Gasteiger partial charge in [-0.05, 0) is 32.0 Å². The van der Waals surface area contributed by atoms with Gasteiger partial charge in [0.1, 0.15) is 0 Å². The van der Waals surface area contributed by atoms with Crippen LogP contribution in [0.1, 0.15) is 43.7 Å². The van der Waals surface area contributed by atoms with Crippen LogP contribution in [-0.4, -0.2) is 29.1 Å². The molecule has 110 valence electrons. The van der Waals surface area contributed by atoms with E-state index >= 15 is 0 Å². The predicted molar refractivity (Wildman–Crippen MR) is 71.4 cm³/mol. The smallest absolute Gasteiger partial charge is 0.305 e. The van der Waals surface area contributed by atoms with Crippen molar-refractivity contribution in [2.75, 3.05) is 13.1 Å². The second-order valence-electron chi connectivity index (χ2n) is 5.21. The summed E-state index contributed by atoms with van der Waals surface area (Å²) in [6.45, 7) is 1.46. The maximum atomic E-state index is 14.0. The Balaban J connectivity index is 2.30. The molecular weight excluding hydrogens is 264 g/mol. The van der Waals surface area contributed by atoms with Crippen LogP contribution in [0.3, 0.4) is 0 Å². The highest BCUT2D eigenvalue weighted by Gasteiger charge is 2.27. The lowest BCUT2D eigenvalue weighted by Gasteiger charge is -2.30. The number of halogens is 2. The highest BCUT2D eigenvalue weighted by Crippen LogP contribution is 2.29. The summed E-state index contributed by atoms with van der Waals surface area (Å²) in [4.78, 5) is 13.0. The first-order valence-electron chi connectivity index (χ1n) is 6.99. The van der Waals surface area contributed by atoms with Crippen LogP contribution in [0.2, 0.25) is 0 Å². The van der Waals surface area contributed by atoms with Crippen molar-refractivity contribution in [1.29, 1.82) is 0 Å². The molecule has 1 aromatic rings. The van der Waals surface area contributed by atoms with Crippen LogP contribution in [0.15, 0.2) is 18.2 Å². The summed E-state index contributed by atoms with van der Waals surface area (Å²) in [5.41, 5.74) is 0.148. The Kier molecular flexibility index (Phi) is 5.06. The zero-order valence-corrected chi connectivity index (χ0v) is 11.3. The maximum Gasteiger partial charge on any atom is 0.305 e. The molecule has 1 fully saturated rings. The van der Waals surface area contributed by atoms with E-state index in [0.717, 1.165) is 44.8 Å². The predicted octanol–water partition coefficient (Wildman–Crippen LogP) is 3.36. The van der Waals surface area contributed by atoms with Crippen LogP contribution in [0.4, 0.5) is 8.78 Å². The van der Waals surface area contributed by atoms with E-state index in [1.54, 1.807) is 0 Å². The second-order valence-corrected chi connectivity index (χ2v) is 5.21. The van der Waals surface area contributed by atoms with Gasteiger partial charge in [-0.2, -0.15) is 0 Å². The van der Waals surface area contributed by atoms with Crippen molar-refractivity contribution >= 4 is 5.97 Å². The summed E-state index contributed by atoms with van der Waals surface area (Å²) in [5.74, 6) is -2.85. The van der Waals surface area contributed by atoms with Crippen molar-refractivity contribution in [2.24, 2.45) is 0 Å². The van der Waals surface area contributed by atoms with Gasteiger partial charge < -0.3 is 5.11 Å². The molecule has 1 aliphatic heterocycles. The van der Waals surface area contributed by atoms with Crippen molar-refractivity contribution in [3.05, 3.63) is 35.4 Å². The summed E-state index contributed by atoms with van der Waals surface area (Å²) < 4.78 is 27.3. The van der Waals surface area contributed by atoms with Crippen molar-refractivity contribution in [1.82, 2.24) is 4.90 Å². The van der Waals surface area contributed by atoms with E-state index in [-0.39, 0.29) is 12.0 Å². The minimum atomic E-state index is -0.997. The molecule has 0 bridgehead atoms. The second kappa shape index (κ2) is 6.79. The van der Waals surface area contributed by atoms with Gasteiger partial charge in [0.25, 0.3) is 0 Å². The number of nitrogens with zero attached hydrogens (tertiary/aromatic N) is 1. The number of carboxylic acids is 1. The van der Waals surface area contributed by atoms with E-state index < -0.39 is 23.6 Å². The van der Waals surface area contributed by atoms with Crippen LogP contribution < -0.4 is 0 Å². The fraction of sp³-hybridized carbons (Fsp3) is 0.533. The first-order valence-corrected chi connectivity index (χ1v) is 6.99. The molecule has 1 heterocycles. The lowest BCUT2D eigenvalue weighted by atomic mass is 10.0. The van der Waals surface area contributed by atoms with E-state index in [1.165, 1.54) is 12.1 Å². The topological polar surface area (TPSA) is 40.5 Å². The third-order valence-electron chi connectivity index (χ3n) is 3.79. The molecule has 1 atom stereocenters. The van der Waals surface area contributed by atoms with Gasteiger partial charge in [0.2, 0.25) is 0 Å². The maximum absolute atomic E-state index is 14.0. The zero-order valence-electron chi connectivity index (χ0n) is 11.3. The molecule has 1 aliphatic rings. The van der Waals surface area contributed by atoms with Gasteiger partial charge in [-0.15, -0.1) is 0 Å². The summed E-state index contributed by atoms with van der Waals surface area (Å²) in [6, 6.07) is 3.37. The van der Waals surface area contributed by atoms with Crippen LogP contribution >= 0.6 is 0 Å². The van der Waals surface area contributed by atoms with Crippen molar-refractivity contribution in [3.8, 4) is 0 Å². The number of carboxylic acid groups (broad SMARTS) is 1. The average Bonchev–Trinajstić information content (AvgIpc) is 2.68. The lowest BCUT2D eigenvalue weighted by Crippen LogP contribution is -2.32. The Hall–Kier alpha value is -1.49. The SMILES string of the molecule is O=C(O)CC(c1cccc(F)c1F)N1CCCCCC1. The highest BCUT2D eigenvalue weighted by atomic mass is 19.2. The monoisotopic (exact) mass is 283 g/mol. The van der Waals surface area contributed by atoms with E-state index in [4.69, 9.17) is 5.11 Å². The fourth-order valence-corrected chi connectivity index (χ4v) is 2.79. The lowest BCUT2D eigenvalue weighted by molar-refractivity contribution is -0.138. The fourth-order valence-electron chi connectivity index (χ4n) is 2.79. The third-order valence-corrected chi connectivity index (χ3v) is 3.79. The molecule has 1 aromatic carbocycles. The van der Waals surface area contributed by atoms with Crippen LogP contribution in [-0.2, 0) is 4.79 Å². The molecule has 0 aliphatic carbocycles. The van der Waals surface area contributed by atoms with Crippen molar-refractivity contribution in [3.63, 3.8) is 0 Å². The number of hydrogen-bond donors (Lipinski definition) is 1. The Labute approximate surface area is 117 Å². The number of aliphatic carboxylic acids is 1. The molecule has 1 N–H and O–H groups in total. The minimum Gasteiger partial charge on any atom is -0.481 e. The summed E-state index contributed by atoms with van der Waals surface area (Å²) >= 11 is 0. The molecule has 0 aromatic heterocycles. The highest BCUT2D eigenvalue weighted by molar-refractivity contribution is 5.68. The Bertz CT molecular complexity index is 471. The summed E-state index contributed by atoms with van der Waals surface area (Å²) in [5, 5.41) is 9.06. The molecule has 1 unspecified atom stereocenters. The number of benzene rings is 1. The van der Waals surface area contributed by atoms with Crippen LogP contribution in [0.5, 0.6) is 0 Å². The average molecular weight is 283 g/mol. The molecule has 0 amide bonds. The quantitative estimate of drug-likeness (QED) is 0.921. The van der Waals surface area contributed by atoms with Gasteiger partial charge in [-0.3, -0.25) is 9.69 Å². The molecule has 0 saturated carbocycles. The van der Waals surface area contributed by atoms with Gasteiger partial charge in [0.15, 0.2) is 11.6 Å². The van der Waals surface area contributed by atoms with Crippen molar-refractivity contribution < 1.29 is 18.7 Å². The first kappa shape index (κ1) is 14.9. The number of hydrogen-bond acceptors (Lipinski definition) is 2. The molecular formula is C15H19F2NO2. The molecule has 2 rings (SSSR count). The first-order chi connectivity index (χ1) is 9.59. The molecule has 0 radical (unpaired) electrons.